The molecule has 0 saturated carbocycles. The molecule has 1 aliphatic rings. The van der Waals surface area contributed by atoms with Crippen LogP contribution in [0.5, 0.6) is 0 Å². The average molecular weight is 187 g/mol. The highest BCUT2D eigenvalue weighted by Gasteiger charge is 2.45. The summed E-state index contributed by atoms with van der Waals surface area (Å²) in [5.74, 6) is 0. The summed E-state index contributed by atoms with van der Waals surface area (Å²) in [7, 11) is 0. The number of aliphatic hydroxyl groups excluding tert-OH is 2. The monoisotopic (exact) mass is 187 g/mol. The molecule has 2 unspecified atom stereocenters. The summed E-state index contributed by atoms with van der Waals surface area (Å²) >= 11 is 0. The molecule has 1 saturated heterocycles. The van der Waals surface area contributed by atoms with Gasteiger partial charge in [0.2, 0.25) is 0 Å². The lowest BCUT2D eigenvalue weighted by molar-refractivity contribution is -0.113. The van der Waals surface area contributed by atoms with Crippen LogP contribution in [0.2, 0.25) is 0 Å². The highest BCUT2D eigenvalue weighted by atomic mass is 16.3. The van der Waals surface area contributed by atoms with Gasteiger partial charge in [-0.05, 0) is 26.7 Å². The van der Waals surface area contributed by atoms with Gasteiger partial charge in [-0.3, -0.25) is 4.90 Å². The summed E-state index contributed by atoms with van der Waals surface area (Å²) in [5.41, 5.74) is -0.392. The van der Waals surface area contributed by atoms with Crippen molar-refractivity contribution in [1.29, 1.82) is 0 Å². The molecule has 2 atom stereocenters. The van der Waals surface area contributed by atoms with Gasteiger partial charge in [-0.25, -0.2) is 0 Å². The fourth-order valence-electron chi connectivity index (χ4n) is 2.57. The molecule has 78 valence electrons. The van der Waals surface area contributed by atoms with Gasteiger partial charge in [0.05, 0.1) is 18.8 Å². The van der Waals surface area contributed by atoms with E-state index in [4.69, 9.17) is 0 Å². The summed E-state index contributed by atoms with van der Waals surface area (Å²) in [6.45, 7) is 6.42. The van der Waals surface area contributed by atoms with Gasteiger partial charge >= 0.3 is 0 Å². The van der Waals surface area contributed by atoms with Crippen molar-refractivity contribution >= 4 is 0 Å². The normalized spacial score (nSPS) is 30.2. The lowest BCUT2D eigenvalue weighted by atomic mass is 9.84. The number of aliphatic hydroxyl groups is 2. The first-order chi connectivity index (χ1) is 6.11. The molecule has 0 bridgehead atoms. The molecule has 1 fully saturated rings. The van der Waals surface area contributed by atoms with Gasteiger partial charge in [0.15, 0.2) is 0 Å². The first kappa shape index (κ1) is 11.0. The zero-order valence-electron chi connectivity index (χ0n) is 8.82. The van der Waals surface area contributed by atoms with E-state index in [9.17, 15) is 10.2 Å². The predicted molar refractivity (Wildman–Crippen MR) is 52.6 cm³/mol. The van der Waals surface area contributed by atoms with Gasteiger partial charge in [-0.2, -0.15) is 0 Å². The van der Waals surface area contributed by atoms with Crippen molar-refractivity contribution in [1.82, 2.24) is 4.90 Å². The van der Waals surface area contributed by atoms with Crippen LogP contribution in [0.25, 0.3) is 0 Å². The molecule has 3 nitrogen and oxygen atoms in total. The van der Waals surface area contributed by atoms with E-state index in [-0.39, 0.29) is 13.2 Å². The molecule has 1 aliphatic heterocycles. The Morgan fingerprint density at radius 2 is 1.69 bits per heavy atom. The van der Waals surface area contributed by atoms with Crippen molar-refractivity contribution in [3.8, 4) is 0 Å². The molecular weight excluding hydrogens is 166 g/mol. The van der Waals surface area contributed by atoms with E-state index < -0.39 is 5.54 Å². The van der Waals surface area contributed by atoms with E-state index in [2.05, 4.69) is 18.7 Å². The highest BCUT2D eigenvalue weighted by molar-refractivity contribution is 5.00. The Hall–Kier alpha value is -0.120. The minimum absolute atomic E-state index is 0.0503. The molecule has 13 heavy (non-hydrogen) atoms. The zero-order chi connectivity index (χ0) is 10.1. The number of nitrogens with zero attached hydrogens (tertiary/aromatic N) is 1. The fraction of sp³-hybridized carbons (Fsp3) is 1.00. The van der Waals surface area contributed by atoms with Crippen LogP contribution < -0.4 is 0 Å². The third-order valence-corrected chi connectivity index (χ3v) is 3.43. The second kappa shape index (κ2) is 3.95. The van der Waals surface area contributed by atoms with Crippen molar-refractivity contribution in [2.45, 2.75) is 51.2 Å². The van der Waals surface area contributed by atoms with Gasteiger partial charge in [-0.15, -0.1) is 0 Å². The zero-order valence-corrected chi connectivity index (χ0v) is 8.82. The molecule has 2 N–H and O–H groups in total. The van der Waals surface area contributed by atoms with Crippen LogP contribution in [-0.4, -0.2) is 45.9 Å². The van der Waals surface area contributed by atoms with E-state index in [1.165, 1.54) is 6.42 Å². The summed E-state index contributed by atoms with van der Waals surface area (Å²) in [4.78, 5) is 2.24. The van der Waals surface area contributed by atoms with E-state index in [0.717, 1.165) is 6.42 Å². The van der Waals surface area contributed by atoms with Crippen molar-refractivity contribution < 1.29 is 10.2 Å². The molecule has 3 heteroatoms. The van der Waals surface area contributed by atoms with Gasteiger partial charge in [0.1, 0.15) is 0 Å². The van der Waals surface area contributed by atoms with Gasteiger partial charge in [0.25, 0.3) is 0 Å². The number of likely N-dealkylation sites (tertiary alicyclic amines) is 1. The number of rotatable bonds is 4. The average Bonchev–Trinajstić information content (AvgIpc) is 2.14. The summed E-state index contributed by atoms with van der Waals surface area (Å²) < 4.78 is 0. The Morgan fingerprint density at radius 1 is 1.23 bits per heavy atom. The molecule has 0 radical (unpaired) electrons. The van der Waals surface area contributed by atoms with Crippen LogP contribution in [0.3, 0.4) is 0 Å². The second-order valence-corrected chi connectivity index (χ2v) is 4.24. The first-order valence-electron chi connectivity index (χ1n) is 5.11. The van der Waals surface area contributed by atoms with E-state index in [1.807, 2.05) is 6.92 Å². The van der Waals surface area contributed by atoms with Crippen LogP contribution in [0.1, 0.15) is 33.6 Å². The quantitative estimate of drug-likeness (QED) is 0.677. The molecule has 1 heterocycles. The Morgan fingerprint density at radius 3 is 1.85 bits per heavy atom. The molecule has 0 aromatic carbocycles. The topological polar surface area (TPSA) is 43.7 Å². The fourth-order valence-corrected chi connectivity index (χ4v) is 2.57. The minimum Gasteiger partial charge on any atom is -0.394 e. The molecule has 1 rings (SSSR count). The van der Waals surface area contributed by atoms with Crippen LogP contribution in [0.15, 0.2) is 0 Å². The smallest absolute Gasteiger partial charge is 0.0675 e. The van der Waals surface area contributed by atoms with E-state index >= 15 is 0 Å². The Labute approximate surface area is 80.4 Å². The molecule has 0 spiro atoms. The lowest BCUT2D eigenvalue weighted by Gasteiger charge is -2.55. The third-order valence-electron chi connectivity index (χ3n) is 3.43. The molecular formula is C10H21NO2. The Bertz CT molecular complexity index is 152. The van der Waals surface area contributed by atoms with Gasteiger partial charge < -0.3 is 10.2 Å². The van der Waals surface area contributed by atoms with Crippen molar-refractivity contribution in [3.05, 3.63) is 0 Å². The van der Waals surface area contributed by atoms with Crippen LogP contribution in [0.4, 0.5) is 0 Å². The second-order valence-electron chi connectivity index (χ2n) is 4.24. The summed E-state index contributed by atoms with van der Waals surface area (Å²) in [6.07, 6.45) is 1.97. The third kappa shape index (κ3) is 1.60. The number of hydrogen-bond acceptors (Lipinski definition) is 3. The maximum Gasteiger partial charge on any atom is 0.0675 e. The Kier molecular flexibility index (Phi) is 3.33. The van der Waals surface area contributed by atoms with Crippen molar-refractivity contribution in [2.24, 2.45) is 0 Å². The van der Waals surface area contributed by atoms with Crippen LogP contribution in [-0.2, 0) is 0 Å². The van der Waals surface area contributed by atoms with Crippen LogP contribution >= 0.6 is 0 Å². The molecule has 0 amide bonds. The predicted octanol–water partition coefficient (Wildman–Crippen LogP) is 0.602. The SMILES string of the molecule is CCC(CO)(CO)N1C(C)CC1C. The van der Waals surface area contributed by atoms with Crippen molar-refractivity contribution in [2.75, 3.05) is 13.2 Å². The van der Waals surface area contributed by atoms with Crippen molar-refractivity contribution in [3.63, 3.8) is 0 Å². The molecule has 0 aromatic heterocycles. The van der Waals surface area contributed by atoms with Gasteiger partial charge in [-0.1, -0.05) is 6.92 Å². The Balaban J connectivity index is 2.74. The minimum atomic E-state index is -0.392. The summed E-state index contributed by atoms with van der Waals surface area (Å²) in [6, 6.07) is 0.989. The van der Waals surface area contributed by atoms with E-state index in [0.29, 0.717) is 12.1 Å². The molecule has 0 aromatic rings. The highest BCUT2D eigenvalue weighted by Crippen LogP contribution is 2.35. The maximum absolute atomic E-state index is 9.35. The summed E-state index contributed by atoms with van der Waals surface area (Å²) in [5, 5.41) is 18.7. The first-order valence-corrected chi connectivity index (χ1v) is 5.11. The number of hydrogen-bond donors (Lipinski definition) is 2. The maximum atomic E-state index is 9.35. The van der Waals surface area contributed by atoms with Crippen LogP contribution in [0, 0.1) is 0 Å². The molecule has 0 aliphatic carbocycles. The van der Waals surface area contributed by atoms with Gasteiger partial charge in [0, 0.05) is 12.1 Å². The lowest BCUT2D eigenvalue weighted by Crippen LogP contribution is -2.67. The standard InChI is InChI=1S/C10H21NO2/c1-4-10(6-12,7-13)11-8(2)5-9(11)3/h8-9,12-13H,4-7H2,1-3H3. The van der Waals surface area contributed by atoms with E-state index in [1.54, 1.807) is 0 Å². The largest absolute Gasteiger partial charge is 0.394 e.